The number of benzene rings is 1. The lowest BCUT2D eigenvalue weighted by Crippen LogP contribution is -2.00. The van der Waals surface area contributed by atoms with Crippen molar-refractivity contribution >= 4 is 42.9 Å². The first kappa shape index (κ1) is 16.4. The topological polar surface area (TPSA) is 56.3 Å². The molecule has 0 unspecified atom stereocenters. The van der Waals surface area contributed by atoms with Crippen LogP contribution in [0.1, 0.15) is 11.4 Å². The van der Waals surface area contributed by atoms with Gasteiger partial charge in [-0.1, -0.05) is 29.3 Å². The monoisotopic (exact) mass is 365 g/mol. The lowest BCUT2D eigenvalue weighted by molar-refractivity contribution is 0.301. The van der Waals surface area contributed by atoms with Gasteiger partial charge in [-0.05, 0) is 25.1 Å². The molecule has 1 heterocycles. The van der Waals surface area contributed by atoms with Crippen molar-refractivity contribution in [3.05, 3.63) is 51.8 Å². The van der Waals surface area contributed by atoms with Gasteiger partial charge in [0.15, 0.2) is 0 Å². The standard InChI is InChI=1S/C13H10Cl3NO3S/c1-8-3-2-4-9(17-8)7-20-12-5-11(15)13(6-10(12)14)21(16,18)19/h2-6H,7H2,1H3. The molecule has 0 N–H and O–H groups in total. The molecule has 0 fully saturated rings. The van der Waals surface area contributed by atoms with Crippen LogP contribution in [0.2, 0.25) is 10.0 Å². The van der Waals surface area contributed by atoms with Crippen molar-refractivity contribution in [2.75, 3.05) is 0 Å². The van der Waals surface area contributed by atoms with E-state index < -0.39 is 9.05 Å². The second-order valence-electron chi connectivity index (χ2n) is 4.21. The zero-order valence-corrected chi connectivity index (χ0v) is 13.9. The minimum absolute atomic E-state index is 0.0541. The Morgan fingerprint density at radius 2 is 1.90 bits per heavy atom. The molecule has 0 radical (unpaired) electrons. The third kappa shape index (κ3) is 4.23. The number of nitrogens with zero attached hydrogens (tertiary/aromatic N) is 1. The van der Waals surface area contributed by atoms with E-state index >= 15 is 0 Å². The summed E-state index contributed by atoms with van der Waals surface area (Å²) in [6.07, 6.45) is 0. The van der Waals surface area contributed by atoms with Crippen molar-refractivity contribution < 1.29 is 13.2 Å². The van der Waals surface area contributed by atoms with Gasteiger partial charge in [-0.2, -0.15) is 0 Å². The Hall–Kier alpha value is -1.01. The number of hydrogen-bond acceptors (Lipinski definition) is 4. The number of aromatic nitrogens is 1. The molecular weight excluding hydrogens is 357 g/mol. The zero-order chi connectivity index (χ0) is 15.6. The van der Waals surface area contributed by atoms with Crippen molar-refractivity contribution in [1.82, 2.24) is 4.98 Å². The summed E-state index contributed by atoms with van der Waals surface area (Å²) in [7, 11) is 1.30. The maximum atomic E-state index is 11.3. The molecule has 0 aliphatic rings. The molecule has 21 heavy (non-hydrogen) atoms. The summed E-state index contributed by atoms with van der Waals surface area (Å²) in [5, 5.41) is 0.0490. The summed E-state index contributed by atoms with van der Waals surface area (Å²) in [6, 6.07) is 8.01. The second kappa shape index (κ2) is 6.40. The van der Waals surface area contributed by atoms with Crippen LogP contribution in [0.3, 0.4) is 0 Å². The number of hydrogen-bond donors (Lipinski definition) is 0. The molecule has 0 atom stereocenters. The minimum atomic E-state index is -3.96. The van der Waals surface area contributed by atoms with Crippen LogP contribution < -0.4 is 4.74 Å². The Balaban J connectivity index is 2.24. The van der Waals surface area contributed by atoms with Crippen LogP contribution in [0.4, 0.5) is 0 Å². The molecular formula is C13H10Cl3NO3S. The van der Waals surface area contributed by atoms with Crippen molar-refractivity contribution in [3.63, 3.8) is 0 Å². The lowest BCUT2D eigenvalue weighted by Gasteiger charge is -2.10. The Bertz CT molecular complexity index is 778. The number of ether oxygens (including phenoxy) is 1. The normalized spacial score (nSPS) is 11.4. The number of pyridine rings is 1. The smallest absolute Gasteiger partial charge is 0.262 e. The molecule has 2 aromatic rings. The molecule has 112 valence electrons. The highest BCUT2D eigenvalue weighted by atomic mass is 35.7. The minimum Gasteiger partial charge on any atom is -0.486 e. The molecule has 0 bridgehead atoms. The van der Waals surface area contributed by atoms with Gasteiger partial charge >= 0.3 is 0 Å². The quantitative estimate of drug-likeness (QED) is 0.761. The van der Waals surface area contributed by atoms with Gasteiger partial charge in [0, 0.05) is 22.4 Å². The Labute approximate surface area is 137 Å². The van der Waals surface area contributed by atoms with Gasteiger partial charge in [-0.15, -0.1) is 0 Å². The molecule has 0 aliphatic heterocycles. The fourth-order valence-electron chi connectivity index (χ4n) is 1.64. The first-order chi connectivity index (χ1) is 9.77. The van der Waals surface area contributed by atoms with Crippen LogP contribution in [0.15, 0.2) is 35.2 Å². The first-order valence-electron chi connectivity index (χ1n) is 5.76. The van der Waals surface area contributed by atoms with Gasteiger partial charge in [0.05, 0.1) is 15.7 Å². The van der Waals surface area contributed by atoms with Crippen molar-refractivity contribution in [2.24, 2.45) is 0 Å². The van der Waals surface area contributed by atoms with Gasteiger partial charge in [0.25, 0.3) is 9.05 Å². The van der Waals surface area contributed by atoms with Gasteiger partial charge in [-0.3, -0.25) is 4.98 Å². The summed E-state index contributed by atoms with van der Waals surface area (Å²) >= 11 is 11.9. The van der Waals surface area contributed by atoms with Crippen LogP contribution in [-0.2, 0) is 15.7 Å². The lowest BCUT2D eigenvalue weighted by atomic mass is 10.3. The summed E-state index contributed by atoms with van der Waals surface area (Å²) in [4.78, 5) is 4.03. The SMILES string of the molecule is Cc1cccc(COc2cc(Cl)c(S(=O)(=O)Cl)cc2Cl)n1. The zero-order valence-electron chi connectivity index (χ0n) is 10.8. The van der Waals surface area contributed by atoms with Crippen LogP contribution in [0.25, 0.3) is 0 Å². The molecule has 0 saturated heterocycles. The predicted molar refractivity (Wildman–Crippen MR) is 82.8 cm³/mol. The molecule has 1 aromatic heterocycles. The Morgan fingerprint density at radius 3 is 2.52 bits per heavy atom. The maximum Gasteiger partial charge on any atom is 0.262 e. The fraction of sp³-hybridized carbons (Fsp3) is 0.154. The van der Waals surface area contributed by atoms with E-state index in [1.807, 2.05) is 19.1 Å². The van der Waals surface area contributed by atoms with E-state index in [1.54, 1.807) is 6.07 Å². The van der Waals surface area contributed by atoms with Crippen LogP contribution in [0, 0.1) is 6.92 Å². The highest BCUT2D eigenvalue weighted by Gasteiger charge is 2.18. The van der Waals surface area contributed by atoms with Crippen LogP contribution in [-0.4, -0.2) is 13.4 Å². The van der Waals surface area contributed by atoms with Gasteiger partial charge in [0.2, 0.25) is 0 Å². The second-order valence-corrected chi connectivity index (χ2v) is 7.56. The van der Waals surface area contributed by atoms with E-state index in [0.717, 1.165) is 17.5 Å². The average molecular weight is 367 g/mol. The van der Waals surface area contributed by atoms with E-state index in [2.05, 4.69) is 4.98 Å². The number of aryl methyl sites for hydroxylation is 1. The van der Waals surface area contributed by atoms with E-state index in [4.69, 9.17) is 38.6 Å². The molecule has 2 rings (SSSR count). The van der Waals surface area contributed by atoms with E-state index in [9.17, 15) is 8.42 Å². The number of halogens is 3. The van der Waals surface area contributed by atoms with E-state index in [0.29, 0.717) is 0 Å². The molecule has 8 heteroatoms. The van der Waals surface area contributed by atoms with Gasteiger partial charge in [-0.25, -0.2) is 8.42 Å². The van der Waals surface area contributed by atoms with Gasteiger partial charge < -0.3 is 4.74 Å². The molecule has 4 nitrogen and oxygen atoms in total. The van der Waals surface area contributed by atoms with Gasteiger partial charge in [0.1, 0.15) is 17.3 Å². The third-order valence-electron chi connectivity index (χ3n) is 2.57. The third-order valence-corrected chi connectivity index (χ3v) is 4.65. The van der Waals surface area contributed by atoms with Crippen molar-refractivity contribution in [1.29, 1.82) is 0 Å². The average Bonchev–Trinajstić information content (AvgIpc) is 2.38. The maximum absolute atomic E-state index is 11.3. The van der Waals surface area contributed by atoms with E-state index in [1.165, 1.54) is 6.07 Å². The largest absolute Gasteiger partial charge is 0.486 e. The van der Waals surface area contributed by atoms with Crippen LogP contribution >= 0.6 is 33.9 Å². The predicted octanol–water partition coefficient (Wildman–Crippen LogP) is 4.20. The Kier molecular flexibility index (Phi) is 4.99. The highest BCUT2D eigenvalue weighted by molar-refractivity contribution is 8.13. The summed E-state index contributed by atoms with van der Waals surface area (Å²) in [5.41, 5.74) is 1.58. The summed E-state index contributed by atoms with van der Waals surface area (Å²) in [6.45, 7) is 2.05. The molecule has 0 amide bonds. The first-order valence-corrected chi connectivity index (χ1v) is 8.83. The van der Waals surface area contributed by atoms with Crippen LogP contribution in [0.5, 0.6) is 5.75 Å². The van der Waals surface area contributed by atoms with Crippen molar-refractivity contribution in [2.45, 2.75) is 18.4 Å². The summed E-state index contributed by atoms with van der Waals surface area (Å²) < 4.78 is 28.1. The highest BCUT2D eigenvalue weighted by Crippen LogP contribution is 2.35. The number of rotatable bonds is 4. The molecule has 0 spiro atoms. The van der Waals surface area contributed by atoms with Crippen molar-refractivity contribution in [3.8, 4) is 5.75 Å². The fourth-order valence-corrected chi connectivity index (χ4v) is 3.43. The Morgan fingerprint density at radius 1 is 1.19 bits per heavy atom. The molecule has 0 saturated carbocycles. The summed E-state index contributed by atoms with van der Waals surface area (Å²) in [5.74, 6) is 0.258. The molecule has 0 aliphatic carbocycles. The van der Waals surface area contributed by atoms with E-state index in [-0.39, 0.29) is 27.3 Å². The molecule has 1 aromatic carbocycles.